The summed E-state index contributed by atoms with van der Waals surface area (Å²) in [5.74, 6) is 0.0108. The van der Waals surface area contributed by atoms with Gasteiger partial charge in [0.1, 0.15) is 0 Å². The topological polar surface area (TPSA) is 41.1 Å². The van der Waals surface area contributed by atoms with Gasteiger partial charge in [-0.15, -0.1) is 0 Å². The smallest absolute Gasteiger partial charge is 0.251 e. The van der Waals surface area contributed by atoms with E-state index in [0.717, 1.165) is 17.7 Å². The number of hydrogen-bond acceptors (Lipinski definition) is 2. The molecular weight excluding hydrogens is 224 g/mol. The first-order valence-electron chi connectivity index (χ1n) is 6.36. The zero-order valence-electron chi connectivity index (χ0n) is 12.1. The molecule has 1 amide bonds. The monoisotopic (exact) mass is 248 g/mol. The predicted octanol–water partition coefficient (Wildman–Crippen LogP) is 2.28. The van der Waals surface area contributed by atoms with Gasteiger partial charge >= 0.3 is 0 Å². The average molecular weight is 248 g/mol. The minimum atomic E-state index is 0.0108. The first-order chi connectivity index (χ1) is 8.35. The van der Waals surface area contributed by atoms with Crippen LogP contribution in [0, 0.1) is 19.3 Å². The standard InChI is InChI=1S/C15H24N2O/c1-11-6-7-13(12(2)8-11)14(18)17-10-15(3,4)9-16-5/h6-8,16H,9-10H2,1-5H3,(H,17,18). The van der Waals surface area contributed by atoms with Crippen LogP contribution in [0.2, 0.25) is 0 Å². The van der Waals surface area contributed by atoms with Crippen LogP contribution in [0.1, 0.15) is 35.3 Å². The summed E-state index contributed by atoms with van der Waals surface area (Å²) in [7, 11) is 1.92. The van der Waals surface area contributed by atoms with E-state index < -0.39 is 0 Å². The molecule has 0 aliphatic rings. The molecule has 0 radical (unpaired) electrons. The highest BCUT2D eigenvalue weighted by Gasteiger charge is 2.18. The van der Waals surface area contributed by atoms with Crippen molar-refractivity contribution in [1.29, 1.82) is 0 Å². The molecule has 1 aromatic rings. The lowest BCUT2D eigenvalue weighted by Crippen LogP contribution is -2.39. The molecule has 0 spiro atoms. The molecule has 3 heteroatoms. The Morgan fingerprint density at radius 1 is 1.22 bits per heavy atom. The number of rotatable bonds is 5. The summed E-state index contributed by atoms with van der Waals surface area (Å²) in [6, 6.07) is 5.90. The Balaban J connectivity index is 2.66. The van der Waals surface area contributed by atoms with E-state index in [1.807, 2.05) is 39.1 Å². The van der Waals surface area contributed by atoms with Gasteiger partial charge in [0.25, 0.3) is 5.91 Å². The lowest BCUT2D eigenvalue weighted by molar-refractivity contribution is 0.0936. The Labute approximate surface area is 110 Å². The van der Waals surface area contributed by atoms with Crippen molar-refractivity contribution >= 4 is 5.91 Å². The SMILES string of the molecule is CNCC(C)(C)CNC(=O)c1ccc(C)cc1C. The first-order valence-corrected chi connectivity index (χ1v) is 6.36. The highest BCUT2D eigenvalue weighted by atomic mass is 16.1. The van der Waals surface area contributed by atoms with Crippen molar-refractivity contribution in [3.63, 3.8) is 0 Å². The number of nitrogens with one attached hydrogen (secondary N) is 2. The van der Waals surface area contributed by atoms with Gasteiger partial charge in [-0.25, -0.2) is 0 Å². The Morgan fingerprint density at radius 3 is 2.44 bits per heavy atom. The molecule has 1 aromatic carbocycles. The van der Waals surface area contributed by atoms with E-state index in [1.165, 1.54) is 5.56 Å². The second-order valence-electron chi connectivity index (χ2n) is 5.70. The van der Waals surface area contributed by atoms with Gasteiger partial charge in [0.15, 0.2) is 0 Å². The van der Waals surface area contributed by atoms with E-state index in [-0.39, 0.29) is 11.3 Å². The van der Waals surface area contributed by atoms with Crippen molar-refractivity contribution in [2.24, 2.45) is 5.41 Å². The van der Waals surface area contributed by atoms with Gasteiger partial charge < -0.3 is 10.6 Å². The molecule has 1 rings (SSSR count). The zero-order valence-corrected chi connectivity index (χ0v) is 12.1. The Bertz CT molecular complexity index is 425. The van der Waals surface area contributed by atoms with Crippen molar-refractivity contribution in [3.8, 4) is 0 Å². The molecule has 0 heterocycles. The molecule has 0 atom stereocenters. The average Bonchev–Trinajstić information content (AvgIpc) is 2.26. The number of hydrogen-bond donors (Lipinski definition) is 2. The Morgan fingerprint density at radius 2 is 1.89 bits per heavy atom. The van der Waals surface area contributed by atoms with Gasteiger partial charge in [-0.1, -0.05) is 31.5 Å². The minimum absolute atomic E-state index is 0.0108. The summed E-state index contributed by atoms with van der Waals surface area (Å²) in [5.41, 5.74) is 3.03. The van der Waals surface area contributed by atoms with E-state index in [2.05, 4.69) is 24.5 Å². The number of amides is 1. The van der Waals surface area contributed by atoms with Crippen molar-refractivity contribution in [3.05, 3.63) is 34.9 Å². The number of benzene rings is 1. The van der Waals surface area contributed by atoms with Gasteiger partial charge in [-0.2, -0.15) is 0 Å². The van der Waals surface area contributed by atoms with Gasteiger partial charge in [0, 0.05) is 18.7 Å². The molecule has 3 nitrogen and oxygen atoms in total. The van der Waals surface area contributed by atoms with Crippen LogP contribution in [0.3, 0.4) is 0 Å². The van der Waals surface area contributed by atoms with Crippen LogP contribution in [-0.2, 0) is 0 Å². The predicted molar refractivity (Wildman–Crippen MR) is 76.0 cm³/mol. The zero-order chi connectivity index (χ0) is 13.8. The van der Waals surface area contributed by atoms with Gasteiger partial charge in [0.2, 0.25) is 0 Å². The summed E-state index contributed by atoms with van der Waals surface area (Å²) in [6.07, 6.45) is 0. The van der Waals surface area contributed by atoms with E-state index in [9.17, 15) is 4.79 Å². The normalized spacial score (nSPS) is 11.4. The molecule has 0 aliphatic carbocycles. The van der Waals surface area contributed by atoms with Crippen LogP contribution >= 0.6 is 0 Å². The quantitative estimate of drug-likeness (QED) is 0.839. The molecule has 0 aromatic heterocycles. The van der Waals surface area contributed by atoms with Crippen molar-refractivity contribution in [2.75, 3.05) is 20.1 Å². The summed E-state index contributed by atoms with van der Waals surface area (Å²) in [4.78, 5) is 12.1. The van der Waals surface area contributed by atoms with E-state index in [4.69, 9.17) is 0 Å². The molecular formula is C15H24N2O. The molecule has 0 saturated carbocycles. The fourth-order valence-corrected chi connectivity index (χ4v) is 2.02. The van der Waals surface area contributed by atoms with Crippen LogP contribution in [0.5, 0.6) is 0 Å². The maximum atomic E-state index is 12.1. The fourth-order valence-electron chi connectivity index (χ4n) is 2.02. The van der Waals surface area contributed by atoms with Gasteiger partial charge in [0.05, 0.1) is 0 Å². The van der Waals surface area contributed by atoms with Crippen molar-refractivity contribution in [1.82, 2.24) is 10.6 Å². The third-order valence-electron chi connectivity index (χ3n) is 3.01. The van der Waals surface area contributed by atoms with Crippen LogP contribution in [0.15, 0.2) is 18.2 Å². The van der Waals surface area contributed by atoms with Crippen molar-refractivity contribution < 1.29 is 4.79 Å². The number of carbonyl (C=O) groups excluding carboxylic acids is 1. The molecule has 100 valence electrons. The summed E-state index contributed by atoms with van der Waals surface area (Å²) in [6.45, 7) is 9.81. The molecule has 0 fully saturated rings. The largest absolute Gasteiger partial charge is 0.351 e. The highest BCUT2D eigenvalue weighted by Crippen LogP contribution is 2.13. The summed E-state index contributed by atoms with van der Waals surface area (Å²) < 4.78 is 0. The molecule has 0 bridgehead atoms. The molecule has 0 aliphatic heterocycles. The maximum Gasteiger partial charge on any atom is 0.251 e. The lowest BCUT2D eigenvalue weighted by atomic mass is 9.93. The molecule has 18 heavy (non-hydrogen) atoms. The Kier molecular flexibility index (Phi) is 4.91. The van der Waals surface area contributed by atoms with E-state index >= 15 is 0 Å². The first kappa shape index (κ1) is 14.7. The minimum Gasteiger partial charge on any atom is -0.351 e. The third kappa shape index (κ3) is 4.15. The third-order valence-corrected chi connectivity index (χ3v) is 3.01. The number of aryl methyl sites for hydroxylation is 2. The lowest BCUT2D eigenvalue weighted by Gasteiger charge is -2.24. The second kappa shape index (κ2) is 6.01. The van der Waals surface area contributed by atoms with Crippen LogP contribution in [0.4, 0.5) is 0 Å². The summed E-state index contributed by atoms with van der Waals surface area (Å²) in [5, 5.41) is 6.14. The highest BCUT2D eigenvalue weighted by molar-refractivity contribution is 5.95. The van der Waals surface area contributed by atoms with E-state index in [0.29, 0.717) is 6.54 Å². The fraction of sp³-hybridized carbons (Fsp3) is 0.533. The van der Waals surface area contributed by atoms with Crippen LogP contribution in [-0.4, -0.2) is 26.0 Å². The van der Waals surface area contributed by atoms with Crippen LogP contribution in [0.25, 0.3) is 0 Å². The molecule has 0 unspecified atom stereocenters. The Hall–Kier alpha value is -1.35. The number of carbonyl (C=O) groups is 1. The molecule has 2 N–H and O–H groups in total. The maximum absolute atomic E-state index is 12.1. The van der Waals surface area contributed by atoms with Gasteiger partial charge in [-0.3, -0.25) is 4.79 Å². The molecule has 0 saturated heterocycles. The van der Waals surface area contributed by atoms with Gasteiger partial charge in [-0.05, 0) is 37.9 Å². The second-order valence-corrected chi connectivity index (χ2v) is 5.70. The van der Waals surface area contributed by atoms with Crippen molar-refractivity contribution in [2.45, 2.75) is 27.7 Å². The summed E-state index contributed by atoms with van der Waals surface area (Å²) >= 11 is 0. The van der Waals surface area contributed by atoms with Crippen LogP contribution < -0.4 is 10.6 Å². The van der Waals surface area contributed by atoms with E-state index in [1.54, 1.807) is 0 Å².